The third-order valence-electron chi connectivity index (χ3n) is 0.203. The zero-order valence-corrected chi connectivity index (χ0v) is 4.55. The fraction of sp³-hybridized carbons (Fsp3) is 0.500. The summed E-state index contributed by atoms with van der Waals surface area (Å²) in [5.74, 6) is -0.343. The Kier molecular flexibility index (Phi) is 3.14. The molecule has 0 atom stereocenters. The Morgan fingerprint density at radius 2 is 2.50 bits per heavy atom. The van der Waals surface area contributed by atoms with Crippen molar-refractivity contribution in [2.75, 3.05) is 0 Å². The summed E-state index contributed by atoms with van der Waals surface area (Å²) in [6, 6.07) is 0. The van der Waals surface area contributed by atoms with Gasteiger partial charge in [0.1, 0.15) is 0 Å². The largest absolute Gasteiger partial charge is 0.396 e. The van der Waals surface area contributed by atoms with Crippen LogP contribution in [-0.2, 0) is 9.63 Å². The van der Waals surface area contributed by atoms with Crippen LogP contribution in [0.4, 0.5) is 0 Å². The lowest BCUT2D eigenvalue weighted by atomic mass is 10.8. The summed E-state index contributed by atoms with van der Waals surface area (Å²) < 4.78 is 2.13. The van der Waals surface area contributed by atoms with Gasteiger partial charge in [-0.15, -0.1) is 0 Å². The van der Waals surface area contributed by atoms with Crippen molar-refractivity contribution in [1.82, 2.24) is 4.46 Å². The van der Waals surface area contributed by atoms with Crippen molar-refractivity contribution in [3.63, 3.8) is 0 Å². The van der Waals surface area contributed by atoms with E-state index in [0.29, 0.717) is 0 Å². The van der Waals surface area contributed by atoms with E-state index < -0.39 is 0 Å². The van der Waals surface area contributed by atoms with Gasteiger partial charge in [-0.1, -0.05) is 0 Å². The summed E-state index contributed by atoms with van der Waals surface area (Å²) in [6.45, 7) is 1.32. The Morgan fingerprint density at radius 1 is 2.00 bits per heavy atom. The summed E-state index contributed by atoms with van der Waals surface area (Å²) in [6.07, 6.45) is 0. The van der Waals surface area contributed by atoms with Gasteiger partial charge >= 0.3 is 22.5 Å². The van der Waals surface area contributed by atoms with E-state index in [9.17, 15) is 4.79 Å². The predicted molar refractivity (Wildman–Crippen MR) is 20.7 cm³/mol. The zero-order chi connectivity index (χ0) is 4.99. The molecule has 6 heavy (non-hydrogen) atoms. The minimum absolute atomic E-state index is 0.343. The Bertz CT molecular complexity index is 55.5. The van der Waals surface area contributed by atoms with Crippen molar-refractivity contribution in [3.05, 3.63) is 0 Å². The van der Waals surface area contributed by atoms with Crippen LogP contribution < -0.4 is 4.46 Å². The van der Waals surface area contributed by atoms with Crippen molar-refractivity contribution in [2.24, 2.45) is 0 Å². The third-order valence-corrected chi connectivity index (χ3v) is 0.321. The summed E-state index contributed by atoms with van der Waals surface area (Å²) in [7, 11) is 0. The number of rotatable bonds is 1. The Hall–Kier alpha value is -0.0375. The van der Waals surface area contributed by atoms with Crippen molar-refractivity contribution in [3.8, 4) is 0 Å². The molecular formula is C2H4AlNO2. The van der Waals surface area contributed by atoms with Gasteiger partial charge in [0, 0.05) is 6.92 Å². The van der Waals surface area contributed by atoms with Crippen molar-refractivity contribution < 1.29 is 9.63 Å². The van der Waals surface area contributed by atoms with Crippen LogP contribution in [0.15, 0.2) is 0 Å². The highest BCUT2D eigenvalue weighted by Crippen LogP contribution is 1.60. The minimum Gasteiger partial charge on any atom is -0.396 e. The quantitative estimate of drug-likeness (QED) is 0.345. The first kappa shape index (κ1) is 5.96. The smallest absolute Gasteiger partial charge is 0.322 e. The molecule has 0 unspecified atom stereocenters. The molecule has 0 aromatic carbocycles. The van der Waals surface area contributed by atoms with Crippen LogP contribution in [0.5, 0.6) is 0 Å². The monoisotopic (exact) mass is 101 g/mol. The van der Waals surface area contributed by atoms with E-state index in [-0.39, 0.29) is 5.97 Å². The van der Waals surface area contributed by atoms with E-state index >= 15 is 0 Å². The van der Waals surface area contributed by atoms with Gasteiger partial charge in [0.05, 0.1) is 0 Å². The number of carbonyl (C=O) groups excluding carboxylic acids is 1. The molecule has 0 saturated heterocycles. The lowest BCUT2D eigenvalue weighted by Gasteiger charge is -1.92. The molecule has 3 nitrogen and oxygen atoms in total. The standard InChI is InChI=1S/C2H4NO2.Al/c1-2(4)5-3;/h3H,1H3;/q-1;+1. The van der Waals surface area contributed by atoms with Crippen LogP contribution in [-0.4, -0.2) is 22.5 Å². The van der Waals surface area contributed by atoms with Crippen molar-refractivity contribution in [2.45, 2.75) is 6.92 Å². The minimum atomic E-state index is -0.343. The summed E-state index contributed by atoms with van der Waals surface area (Å²) in [4.78, 5) is 13.9. The van der Waals surface area contributed by atoms with Gasteiger partial charge in [-0.05, 0) is 0 Å². The highest BCUT2D eigenvalue weighted by molar-refractivity contribution is 6.03. The van der Waals surface area contributed by atoms with Crippen LogP contribution in [0.3, 0.4) is 0 Å². The van der Waals surface area contributed by atoms with E-state index in [4.69, 9.17) is 0 Å². The fourth-order valence-corrected chi connectivity index (χ4v) is 0.249. The molecular weight excluding hydrogens is 97.0 g/mol. The highest BCUT2D eigenvalue weighted by Gasteiger charge is 1.81. The Labute approximate surface area is 44.3 Å². The van der Waals surface area contributed by atoms with Crippen LogP contribution in [0.2, 0.25) is 0 Å². The lowest BCUT2D eigenvalue weighted by Crippen LogP contribution is -2.12. The second-order valence-corrected chi connectivity index (χ2v) is 0.947. The van der Waals surface area contributed by atoms with Gasteiger partial charge in [0.2, 0.25) is 0 Å². The van der Waals surface area contributed by atoms with Crippen LogP contribution in [0.1, 0.15) is 6.92 Å². The topological polar surface area (TPSA) is 38.3 Å². The second kappa shape index (κ2) is 3.16. The Morgan fingerprint density at radius 3 is 2.50 bits per heavy atom. The lowest BCUT2D eigenvalue weighted by molar-refractivity contribution is -0.144. The zero-order valence-electron chi connectivity index (χ0n) is 3.39. The van der Waals surface area contributed by atoms with Crippen LogP contribution in [0.25, 0.3) is 0 Å². The highest BCUT2D eigenvalue weighted by atomic mass is 27.1. The normalized spacial score (nSPS) is 7.50. The van der Waals surface area contributed by atoms with E-state index in [1.54, 1.807) is 0 Å². The molecule has 0 aliphatic rings. The first-order chi connectivity index (χ1) is 2.77. The molecule has 0 saturated carbocycles. The van der Waals surface area contributed by atoms with Gasteiger partial charge in [-0.2, -0.15) is 0 Å². The SMILES string of the molecule is CC(=O)O[NH][Al]. The maximum Gasteiger partial charge on any atom is 0.322 e. The number of hydrogen-bond donors (Lipinski definition) is 1. The number of carbonyl (C=O) groups is 1. The fourth-order valence-electron chi connectivity index (χ4n) is 0.0830. The van der Waals surface area contributed by atoms with Gasteiger partial charge in [-0.25, -0.2) is 0 Å². The van der Waals surface area contributed by atoms with Crippen molar-refractivity contribution in [1.29, 1.82) is 0 Å². The van der Waals surface area contributed by atoms with Crippen LogP contribution >= 0.6 is 0 Å². The molecule has 0 aromatic heterocycles. The maximum atomic E-state index is 9.75. The second-order valence-electron chi connectivity index (χ2n) is 0.711. The molecule has 2 radical (unpaired) electrons. The number of nitrogens with one attached hydrogen (secondary N) is 1. The molecule has 4 heteroatoms. The third kappa shape index (κ3) is 3.96. The molecule has 0 aliphatic carbocycles. The van der Waals surface area contributed by atoms with E-state index in [1.165, 1.54) is 6.92 Å². The average Bonchev–Trinajstić information content (AvgIpc) is 1.35. The van der Waals surface area contributed by atoms with Gasteiger partial charge in [0.15, 0.2) is 0 Å². The molecule has 32 valence electrons. The molecule has 0 amide bonds. The molecule has 0 spiro atoms. The van der Waals surface area contributed by atoms with Gasteiger partial charge < -0.3 is 4.84 Å². The van der Waals surface area contributed by atoms with Crippen LogP contribution in [0, 0.1) is 0 Å². The maximum absolute atomic E-state index is 9.75. The molecule has 0 rings (SSSR count). The predicted octanol–water partition coefficient (Wildman–Crippen LogP) is -0.862. The Balaban J connectivity index is 2.83. The molecule has 0 bridgehead atoms. The molecule has 0 aliphatic heterocycles. The molecule has 1 N–H and O–H groups in total. The van der Waals surface area contributed by atoms with E-state index in [1.807, 2.05) is 16.5 Å². The molecule has 0 heterocycles. The number of hydrogen-bond acceptors (Lipinski definition) is 3. The summed E-state index contributed by atoms with van der Waals surface area (Å²) in [5.41, 5.74) is 0. The first-order valence-electron chi connectivity index (χ1n) is 1.40. The van der Waals surface area contributed by atoms with Gasteiger partial charge in [0.25, 0.3) is 0 Å². The van der Waals surface area contributed by atoms with Crippen molar-refractivity contribution >= 4 is 22.5 Å². The molecule has 0 aromatic rings. The van der Waals surface area contributed by atoms with E-state index in [0.717, 1.165) is 0 Å². The van der Waals surface area contributed by atoms with Gasteiger partial charge in [-0.3, -0.25) is 9.26 Å². The first-order valence-corrected chi connectivity index (χ1v) is 1.98. The average molecular weight is 101 g/mol. The summed E-state index contributed by atoms with van der Waals surface area (Å²) >= 11 is 2.03. The summed E-state index contributed by atoms with van der Waals surface area (Å²) in [5, 5.41) is 0. The molecule has 0 fully saturated rings. The van der Waals surface area contributed by atoms with E-state index in [2.05, 4.69) is 9.30 Å².